The summed E-state index contributed by atoms with van der Waals surface area (Å²) >= 11 is 0. The zero-order chi connectivity index (χ0) is 12.8. The van der Waals surface area contributed by atoms with Gasteiger partial charge < -0.3 is 9.80 Å². The van der Waals surface area contributed by atoms with Crippen molar-refractivity contribution >= 4 is 17.5 Å². The van der Waals surface area contributed by atoms with Crippen LogP contribution in [0.15, 0.2) is 30.3 Å². The second-order valence-electron chi connectivity index (χ2n) is 3.96. The molecule has 0 heterocycles. The summed E-state index contributed by atoms with van der Waals surface area (Å²) in [6, 6.07) is 9.25. The Bertz CT molecular complexity index is 388. The van der Waals surface area contributed by atoms with E-state index in [0.29, 0.717) is 6.42 Å². The van der Waals surface area contributed by atoms with E-state index in [1.54, 1.807) is 21.0 Å². The van der Waals surface area contributed by atoms with Gasteiger partial charge in [0.15, 0.2) is 0 Å². The van der Waals surface area contributed by atoms with Crippen LogP contribution in [0.4, 0.5) is 5.69 Å². The van der Waals surface area contributed by atoms with Gasteiger partial charge in [-0.05, 0) is 12.1 Å². The highest BCUT2D eigenvalue weighted by molar-refractivity contribution is 5.98. The highest BCUT2D eigenvalue weighted by atomic mass is 16.2. The van der Waals surface area contributed by atoms with Crippen LogP contribution in [-0.4, -0.2) is 37.4 Å². The number of carbonyl (C=O) groups is 2. The molecule has 0 spiro atoms. The number of likely N-dealkylation sites (N-methyl/N-ethyl adjacent to an activating group) is 1. The summed E-state index contributed by atoms with van der Waals surface area (Å²) in [7, 11) is 3.36. The standard InChI is InChI=1S/C13H18N2O2/c1-4-12(16)15(10-13(17)14(2)3)11-8-6-5-7-9-11/h5-9H,4,10H2,1-3H3. The van der Waals surface area contributed by atoms with Crippen LogP contribution in [0.1, 0.15) is 13.3 Å². The first kappa shape index (κ1) is 13.2. The molecule has 92 valence electrons. The predicted molar refractivity (Wildman–Crippen MR) is 67.8 cm³/mol. The van der Waals surface area contributed by atoms with E-state index in [1.165, 1.54) is 9.80 Å². The molecule has 2 amide bonds. The summed E-state index contributed by atoms with van der Waals surface area (Å²) in [5.74, 6) is -0.137. The molecule has 1 rings (SSSR count). The zero-order valence-electron chi connectivity index (χ0n) is 10.5. The molecule has 0 aliphatic heterocycles. The fraction of sp³-hybridized carbons (Fsp3) is 0.385. The molecule has 0 bridgehead atoms. The number of benzene rings is 1. The Balaban J connectivity index is 2.90. The van der Waals surface area contributed by atoms with Gasteiger partial charge in [0.1, 0.15) is 6.54 Å². The summed E-state index contributed by atoms with van der Waals surface area (Å²) in [5, 5.41) is 0. The van der Waals surface area contributed by atoms with Crippen LogP contribution < -0.4 is 4.90 Å². The summed E-state index contributed by atoms with van der Waals surface area (Å²) in [6.45, 7) is 1.88. The number of hydrogen-bond acceptors (Lipinski definition) is 2. The van der Waals surface area contributed by atoms with E-state index in [4.69, 9.17) is 0 Å². The van der Waals surface area contributed by atoms with Crippen LogP contribution in [0, 0.1) is 0 Å². The van der Waals surface area contributed by atoms with Crippen LogP contribution in [0.5, 0.6) is 0 Å². The summed E-state index contributed by atoms with van der Waals surface area (Å²) < 4.78 is 0. The Hall–Kier alpha value is -1.84. The first-order valence-electron chi connectivity index (χ1n) is 5.61. The van der Waals surface area contributed by atoms with E-state index < -0.39 is 0 Å². The lowest BCUT2D eigenvalue weighted by atomic mass is 10.2. The molecule has 0 atom stereocenters. The number of nitrogens with zero attached hydrogens (tertiary/aromatic N) is 2. The third kappa shape index (κ3) is 3.59. The van der Waals surface area contributed by atoms with Gasteiger partial charge >= 0.3 is 0 Å². The predicted octanol–water partition coefficient (Wildman–Crippen LogP) is 1.52. The largest absolute Gasteiger partial charge is 0.347 e. The Morgan fingerprint density at radius 3 is 2.12 bits per heavy atom. The second-order valence-corrected chi connectivity index (χ2v) is 3.96. The lowest BCUT2D eigenvalue weighted by molar-refractivity contribution is -0.129. The van der Waals surface area contributed by atoms with Crippen molar-refractivity contribution in [2.45, 2.75) is 13.3 Å². The average molecular weight is 234 g/mol. The number of para-hydroxylation sites is 1. The molecule has 0 radical (unpaired) electrons. The van der Waals surface area contributed by atoms with Gasteiger partial charge in [-0.25, -0.2) is 0 Å². The van der Waals surface area contributed by atoms with Crippen molar-refractivity contribution in [1.29, 1.82) is 0 Å². The summed E-state index contributed by atoms with van der Waals surface area (Å²) in [6.07, 6.45) is 0.385. The van der Waals surface area contributed by atoms with Crippen molar-refractivity contribution in [1.82, 2.24) is 4.90 Å². The van der Waals surface area contributed by atoms with Gasteiger partial charge in [-0.2, -0.15) is 0 Å². The van der Waals surface area contributed by atoms with Crippen LogP contribution in [0.3, 0.4) is 0 Å². The SMILES string of the molecule is CCC(=O)N(CC(=O)N(C)C)c1ccccc1. The smallest absolute Gasteiger partial charge is 0.242 e. The fourth-order valence-electron chi connectivity index (χ4n) is 1.40. The highest BCUT2D eigenvalue weighted by Crippen LogP contribution is 2.14. The Morgan fingerprint density at radius 1 is 1.06 bits per heavy atom. The number of carbonyl (C=O) groups excluding carboxylic acids is 2. The monoisotopic (exact) mass is 234 g/mol. The molecule has 0 saturated heterocycles. The zero-order valence-corrected chi connectivity index (χ0v) is 10.5. The van der Waals surface area contributed by atoms with E-state index in [0.717, 1.165) is 5.69 Å². The van der Waals surface area contributed by atoms with Gasteiger partial charge in [-0.15, -0.1) is 0 Å². The maximum Gasteiger partial charge on any atom is 0.242 e. The summed E-state index contributed by atoms with van der Waals surface area (Å²) in [4.78, 5) is 26.5. The molecular weight excluding hydrogens is 216 g/mol. The van der Waals surface area contributed by atoms with Crippen LogP contribution in [0.2, 0.25) is 0 Å². The van der Waals surface area contributed by atoms with Crippen LogP contribution in [0.25, 0.3) is 0 Å². The van der Waals surface area contributed by atoms with Gasteiger partial charge in [-0.1, -0.05) is 25.1 Å². The van der Waals surface area contributed by atoms with Crippen LogP contribution >= 0.6 is 0 Å². The van der Waals surface area contributed by atoms with Crippen LogP contribution in [-0.2, 0) is 9.59 Å². The van der Waals surface area contributed by atoms with Gasteiger partial charge in [0.05, 0.1) is 0 Å². The molecule has 1 aromatic carbocycles. The summed E-state index contributed by atoms with van der Waals surface area (Å²) in [5.41, 5.74) is 0.759. The van der Waals surface area contributed by atoms with Crippen molar-refractivity contribution in [3.63, 3.8) is 0 Å². The Kier molecular flexibility index (Phi) is 4.69. The number of rotatable bonds is 4. The third-order valence-corrected chi connectivity index (χ3v) is 2.46. The molecular formula is C13H18N2O2. The molecule has 4 nitrogen and oxygen atoms in total. The van der Waals surface area contributed by atoms with E-state index >= 15 is 0 Å². The van der Waals surface area contributed by atoms with Gasteiger partial charge in [0.2, 0.25) is 11.8 Å². The number of anilines is 1. The minimum Gasteiger partial charge on any atom is -0.347 e. The van der Waals surface area contributed by atoms with Gasteiger partial charge in [0.25, 0.3) is 0 Å². The molecule has 1 aromatic rings. The highest BCUT2D eigenvalue weighted by Gasteiger charge is 2.18. The van der Waals surface area contributed by atoms with E-state index in [-0.39, 0.29) is 18.4 Å². The van der Waals surface area contributed by atoms with Crippen molar-refractivity contribution in [3.8, 4) is 0 Å². The lowest BCUT2D eigenvalue weighted by Crippen LogP contribution is -2.40. The van der Waals surface area contributed by atoms with Crippen molar-refractivity contribution in [3.05, 3.63) is 30.3 Å². The maximum absolute atomic E-state index is 11.8. The fourth-order valence-corrected chi connectivity index (χ4v) is 1.40. The Morgan fingerprint density at radius 2 is 1.65 bits per heavy atom. The van der Waals surface area contributed by atoms with Crippen molar-refractivity contribution < 1.29 is 9.59 Å². The minimum atomic E-state index is -0.0874. The average Bonchev–Trinajstić information content (AvgIpc) is 2.35. The maximum atomic E-state index is 11.8. The van der Waals surface area contributed by atoms with E-state index in [2.05, 4.69) is 0 Å². The Labute approximate surface area is 102 Å². The first-order valence-corrected chi connectivity index (χ1v) is 5.61. The molecule has 0 aliphatic rings. The molecule has 0 saturated carbocycles. The second kappa shape index (κ2) is 6.03. The normalized spacial score (nSPS) is 9.82. The number of amides is 2. The van der Waals surface area contributed by atoms with E-state index in [1.807, 2.05) is 30.3 Å². The minimum absolute atomic E-state index is 0.0496. The molecule has 0 aliphatic carbocycles. The molecule has 0 unspecified atom stereocenters. The topological polar surface area (TPSA) is 40.6 Å². The molecule has 0 aromatic heterocycles. The quantitative estimate of drug-likeness (QED) is 0.792. The molecule has 4 heteroatoms. The first-order chi connectivity index (χ1) is 8.06. The lowest BCUT2D eigenvalue weighted by Gasteiger charge is -2.23. The van der Waals surface area contributed by atoms with Gasteiger partial charge in [0, 0.05) is 26.2 Å². The third-order valence-electron chi connectivity index (χ3n) is 2.46. The molecule has 0 fully saturated rings. The van der Waals surface area contributed by atoms with Crippen molar-refractivity contribution in [2.75, 3.05) is 25.5 Å². The van der Waals surface area contributed by atoms with E-state index in [9.17, 15) is 9.59 Å². The molecule has 17 heavy (non-hydrogen) atoms. The van der Waals surface area contributed by atoms with Gasteiger partial charge in [-0.3, -0.25) is 9.59 Å². The number of hydrogen-bond donors (Lipinski definition) is 0. The van der Waals surface area contributed by atoms with Crippen molar-refractivity contribution in [2.24, 2.45) is 0 Å². The molecule has 0 N–H and O–H groups in total.